The number of hydrogen-bond acceptors (Lipinski definition) is 4. The number of likely N-dealkylation sites (tertiary alicyclic amines) is 1. The fourth-order valence-corrected chi connectivity index (χ4v) is 4.21. The average molecular weight is 384 g/mol. The number of hydrogen-bond donors (Lipinski definition) is 2. The standard InChI is InChI=1S/C20H24N4O4/c25-17-8-9-18(26)23(17)11-3-10-21-19(27)13-6-7-16-15(12-13)22-20(28)24(16)14-4-1-2-5-14/h6-7,12,14H,1-5,8-11H2,(H,21,27)(H,22,28). The first-order valence-corrected chi connectivity index (χ1v) is 9.90. The summed E-state index contributed by atoms with van der Waals surface area (Å²) in [5.41, 5.74) is 1.84. The molecule has 2 aromatic rings. The molecule has 2 aliphatic rings. The zero-order valence-electron chi connectivity index (χ0n) is 15.7. The summed E-state index contributed by atoms with van der Waals surface area (Å²) in [6.45, 7) is 0.697. The Kier molecular flexibility index (Phi) is 5.02. The third kappa shape index (κ3) is 3.46. The van der Waals surface area contributed by atoms with Crippen LogP contribution in [-0.4, -0.2) is 45.3 Å². The van der Waals surface area contributed by atoms with E-state index < -0.39 is 0 Å². The Bertz CT molecular complexity index is 968. The summed E-state index contributed by atoms with van der Waals surface area (Å²) in [5.74, 6) is -0.523. The number of nitrogens with zero attached hydrogens (tertiary/aromatic N) is 2. The summed E-state index contributed by atoms with van der Waals surface area (Å²) in [6.07, 6.45) is 5.38. The molecule has 1 saturated carbocycles. The molecule has 4 rings (SSSR count). The van der Waals surface area contributed by atoms with E-state index in [1.54, 1.807) is 12.1 Å². The van der Waals surface area contributed by atoms with Crippen LogP contribution in [-0.2, 0) is 9.59 Å². The molecule has 0 radical (unpaired) electrons. The number of imide groups is 1. The number of carbonyl (C=O) groups is 3. The van der Waals surface area contributed by atoms with Gasteiger partial charge in [0.1, 0.15) is 0 Å². The number of rotatable bonds is 6. The number of aromatic nitrogens is 2. The summed E-state index contributed by atoms with van der Waals surface area (Å²) in [5, 5.41) is 2.81. The molecule has 0 spiro atoms. The summed E-state index contributed by atoms with van der Waals surface area (Å²) >= 11 is 0. The highest BCUT2D eigenvalue weighted by Crippen LogP contribution is 2.30. The van der Waals surface area contributed by atoms with Crippen LogP contribution in [0.25, 0.3) is 11.0 Å². The average Bonchev–Trinajstić information content (AvgIpc) is 3.38. The normalized spacial score (nSPS) is 17.8. The van der Waals surface area contributed by atoms with Crippen LogP contribution in [0.4, 0.5) is 0 Å². The highest BCUT2D eigenvalue weighted by Gasteiger charge is 2.28. The number of benzene rings is 1. The van der Waals surface area contributed by atoms with Crippen molar-refractivity contribution in [2.24, 2.45) is 0 Å². The van der Waals surface area contributed by atoms with Gasteiger partial charge in [-0.1, -0.05) is 12.8 Å². The number of aromatic amines is 1. The van der Waals surface area contributed by atoms with Crippen molar-refractivity contribution < 1.29 is 14.4 Å². The summed E-state index contributed by atoms with van der Waals surface area (Å²) in [6, 6.07) is 5.48. The first-order valence-electron chi connectivity index (χ1n) is 9.90. The van der Waals surface area contributed by atoms with E-state index in [9.17, 15) is 19.2 Å². The Balaban J connectivity index is 1.38. The van der Waals surface area contributed by atoms with Gasteiger partial charge in [0.05, 0.1) is 11.0 Å². The number of nitrogens with one attached hydrogen (secondary N) is 2. The van der Waals surface area contributed by atoms with Crippen LogP contribution < -0.4 is 11.0 Å². The Morgan fingerprint density at radius 2 is 1.82 bits per heavy atom. The molecule has 148 valence electrons. The molecular weight excluding hydrogens is 360 g/mol. The quantitative estimate of drug-likeness (QED) is 0.584. The lowest BCUT2D eigenvalue weighted by Crippen LogP contribution is -2.33. The van der Waals surface area contributed by atoms with Gasteiger partial charge in [0.2, 0.25) is 11.8 Å². The van der Waals surface area contributed by atoms with Crippen LogP contribution in [0.2, 0.25) is 0 Å². The van der Waals surface area contributed by atoms with Crippen LogP contribution in [0.15, 0.2) is 23.0 Å². The van der Waals surface area contributed by atoms with Gasteiger partial charge in [-0.2, -0.15) is 0 Å². The second-order valence-electron chi connectivity index (χ2n) is 7.52. The van der Waals surface area contributed by atoms with Crippen LogP contribution in [0.3, 0.4) is 0 Å². The molecule has 2 N–H and O–H groups in total. The van der Waals surface area contributed by atoms with Crippen molar-refractivity contribution in [2.45, 2.75) is 51.0 Å². The van der Waals surface area contributed by atoms with Crippen molar-refractivity contribution in [3.8, 4) is 0 Å². The molecule has 1 aromatic heterocycles. The van der Waals surface area contributed by atoms with E-state index in [0.717, 1.165) is 31.2 Å². The molecule has 2 fully saturated rings. The minimum Gasteiger partial charge on any atom is -0.352 e. The van der Waals surface area contributed by atoms with Crippen LogP contribution >= 0.6 is 0 Å². The van der Waals surface area contributed by atoms with Gasteiger partial charge >= 0.3 is 5.69 Å². The van der Waals surface area contributed by atoms with E-state index in [4.69, 9.17) is 0 Å². The molecule has 0 atom stereocenters. The predicted octanol–water partition coefficient (Wildman–Crippen LogP) is 1.71. The Morgan fingerprint density at radius 1 is 1.11 bits per heavy atom. The minimum absolute atomic E-state index is 0.126. The SMILES string of the molecule is O=C(NCCCN1C(=O)CCC1=O)c1ccc2c(c1)[nH]c(=O)n2C1CCCC1. The lowest BCUT2D eigenvalue weighted by atomic mass is 10.1. The van der Waals surface area contributed by atoms with Gasteiger partial charge in [-0.05, 0) is 37.5 Å². The molecule has 8 heteroatoms. The fourth-order valence-electron chi connectivity index (χ4n) is 4.21. The summed E-state index contributed by atoms with van der Waals surface area (Å²) in [4.78, 5) is 52.0. The highest BCUT2D eigenvalue weighted by atomic mass is 16.2. The minimum atomic E-state index is -0.240. The van der Waals surface area contributed by atoms with Crippen molar-refractivity contribution in [1.82, 2.24) is 19.8 Å². The van der Waals surface area contributed by atoms with Gasteiger partial charge in [-0.25, -0.2) is 4.79 Å². The molecular formula is C20H24N4O4. The van der Waals surface area contributed by atoms with Gasteiger partial charge in [0.15, 0.2) is 0 Å². The van der Waals surface area contributed by atoms with E-state index >= 15 is 0 Å². The molecule has 1 aliphatic carbocycles. The number of H-pyrrole nitrogens is 1. The van der Waals surface area contributed by atoms with E-state index in [0.29, 0.717) is 30.6 Å². The molecule has 0 unspecified atom stereocenters. The highest BCUT2D eigenvalue weighted by molar-refractivity contribution is 6.02. The number of imidazole rings is 1. The molecule has 28 heavy (non-hydrogen) atoms. The number of carbonyl (C=O) groups excluding carboxylic acids is 3. The zero-order chi connectivity index (χ0) is 19.7. The van der Waals surface area contributed by atoms with Gasteiger partial charge < -0.3 is 10.3 Å². The Morgan fingerprint density at radius 3 is 2.54 bits per heavy atom. The van der Waals surface area contributed by atoms with Crippen LogP contribution in [0.5, 0.6) is 0 Å². The van der Waals surface area contributed by atoms with Crippen molar-refractivity contribution in [2.75, 3.05) is 13.1 Å². The van der Waals surface area contributed by atoms with Crippen molar-refractivity contribution in [3.63, 3.8) is 0 Å². The van der Waals surface area contributed by atoms with Crippen LogP contribution in [0.1, 0.15) is 61.3 Å². The first kappa shape index (κ1) is 18.5. The lowest BCUT2D eigenvalue weighted by Gasteiger charge is -2.13. The Hall–Kier alpha value is -2.90. The smallest absolute Gasteiger partial charge is 0.326 e. The first-order chi connectivity index (χ1) is 13.5. The zero-order valence-corrected chi connectivity index (χ0v) is 15.7. The van der Waals surface area contributed by atoms with E-state index in [1.807, 2.05) is 10.6 Å². The van der Waals surface area contributed by atoms with Crippen molar-refractivity contribution >= 4 is 28.8 Å². The van der Waals surface area contributed by atoms with E-state index in [1.165, 1.54) is 4.90 Å². The Labute approximate surface area is 161 Å². The fraction of sp³-hybridized carbons (Fsp3) is 0.500. The maximum absolute atomic E-state index is 12.4. The van der Waals surface area contributed by atoms with E-state index in [-0.39, 0.29) is 42.3 Å². The molecule has 8 nitrogen and oxygen atoms in total. The van der Waals surface area contributed by atoms with Gasteiger partial charge in [0, 0.05) is 37.5 Å². The predicted molar refractivity (Wildman–Crippen MR) is 103 cm³/mol. The maximum Gasteiger partial charge on any atom is 0.326 e. The van der Waals surface area contributed by atoms with Gasteiger partial charge in [-0.3, -0.25) is 23.9 Å². The van der Waals surface area contributed by atoms with Gasteiger partial charge in [0.25, 0.3) is 5.91 Å². The van der Waals surface area contributed by atoms with Gasteiger partial charge in [-0.15, -0.1) is 0 Å². The molecule has 2 heterocycles. The monoisotopic (exact) mass is 384 g/mol. The summed E-state index contributed by atoms with van der Waals surface area (Å²) in [7, 11) is 0. The number of amides is 3. The molecule has 0 bridgehead atoms. The summed E-state index contributed by atoms with van der Waals surface area (Å²) < 4.78 is 1.81. The maximum atomic E-state index is 12.4. The second kappa shape index (κ2) is 7.61. The third-order valence-corrected chi connectivity index (χ3v) is 5.67. The number of fused-ring (bicyclic) bond motifs is 1. The third-order valence-electron chi connectivity index (χ3n) is 5.67. The molecule has 3 amide bonds. The molecule has 1 aliphatic heterocycles. The topological polar surface area (TPSA) is 104 Å². The van der Waals surface area contributed by atoms with Crippen molar-refractivity contribution in [1.29, 1.82) is 0 Å². The van der Waals surface area contributed by atoms with Crippen molar-refractivity contribution in [3.05, 3.63) is 34.2 Å². The second-order valence-corrected chi connectivity index (χ2v) is 7.52. The van der Waals surface area contributed by atoms with Crippen LogP contribution in [0, 0.1) is 0 Å². The van der Waals surface area contributed by atoms with E-state index in [2.05, 4.69) is 10.3 Å². The largest absolute Gasteiger partial charge is 0.352 e. The lowest BCUT2D eigenvalue weighted by molar-refractivity contribution is -0.138. The molecule has 1 saturated heterocycles. The molecule has 1 aromatic carbocycles.